The number of ether oxygens (including phenoxy) is 1. The van der Waals surface area contributed by atoms with Gasteiger partial charge >= 0.3 is 5.97 Å². The number of furan rings is 1. The monoisotopic (exact) mass is 523 g/mol. The third-order valence-electron chi connectivity index (χ3n) is 4.61. The Balaban J connectivity index is 1.35. The van der Waals surface area contributed by atoms with Crippen LogP contribution in [0.3, 0.4) is 0 Å². The minimum Gasteiger partial charge on any atom is -0.460 e. The zero-order valence-corrected chi connectivity index (χ0v) is 19.9. The molecule has 2 atom stereocenters. The van der Waals surface area contributed by atoms with E-state index in [-0.39, 0.29) is 39.0 Å². The molecule has 15 heteroatoms. The van der Waals surface area contributed by atoms with Crippen LogP contribution in [0.2, 0.25) is 0 Å². The van der Waals surface area contributed by atoms with Gasteiger partial charge in [-0.2, -0.15) is 0 Å². The van der Waals surface area contributed by atoms with Crippen LogP contribution in [0.25, 0.3) is 0 Å². The molecule has 0 bridgehead atoms. The average molecular weight is 524 g/mol. The molecule has 178 valence electrons. The Hall–Kier alpha value is -3.30. The van der Waals surface area contributed by atoms with Gasteiger partial charge in [-0.3, -0.25) is 19.3 Å². The molecule has 12 nitrogen and oxygen atoms in total. The van der Waals surface area contributed by atoms with E-state index in [2.05, 4.69) is 15.5 Å². The maximum absolute atomic E-state index is 12.8. The van der Waals surface area contributed by atoms with Crippen molar-refractivity contribution in [2.75, 3.05) is 24.5 Å². The van der Waals surface area contributed by atoms with Gasteiger partial charge < -0.3 is 25.0 Å². The van der Waals surface area contributed by atoms with Crippen molar-refractivity contribution in [2.45, 2.75) is 11.4 Å². The Morgan fingerprint density at radius 1 is 1.44 bits per heavy atom. The first-order valence-electron chi connectivity index (χ1n) is 9.56. The summed E-state index contributed by atoms with van der Waals surface area (Å²) in [6.07, 6.45) is 2.93. The normalized spacial score (nSPS) is 19.6. The molecule has 1 saturated heterocycles. The molecule has 0 aliphatic carbocycles. The predicted octanol–water partition coefficient (Wildman–Crippen LogP) is 1.03. The first-order chi connectivity index (χ1) is 16.4. The number of nitrogens with two attached hydrogens (primary N) is 1. The number of nitrogen functional groups attached to an aromatic ring is 1. The van der Waals surface area contributed by atoms with E-state index >= 15 is 0 Å². The van der Waals surface area contributed by atoms with Crippen molar-refractivity contribution in [3.8, 4) is 0 Å². The van der Waals surface area contributed by atoms with Gasteiger partial charge in [0, 0.05) is 11.1 Å². The number of amides is 2. The van der Waals surface area contributed by atoms with Crippen molar-refractivity contribution in [1.82, 2.24) is 15.2 Å². The maximum atomic E-state index is 12.8. The molecule has 2 amide bonds. The predicted molar refractivity (Wildman–Crippen MR) is 125 cm³/mol. The number of hydrogen-bond acceptors (Lipinski definition) is 13. The lowest BCUT2D eigenvalue weighted by Crippen LogP contribution is -2.70. The van der Waals surface area contributed by atoms with Crippen molar-refractivity contribution in [3.05, 3.63) is 47.0 Å². The Labute approximate surface area is 204 Å². The number of carbonyl (C=O) groups excluding carboxylic acids is 4. The van der Waals surface area contributed by atoms with E-state index in [1.165, 1.54) is 36.1 Å². The summed E-state index contributed by atoms with van der Waals surface area (Å²) in [4.78, 5) is 60.0. The van der Waals surface area contributed by atoms with Crippen LogP contribution in [0.4, 0.5) is 5.13 Å². The van der Waals surface area contributed by atoms with E-state index < -0.39 is 29.2 Å². The summed E-state index contributed by atoms with van der Waals surface area (Å²) < 4.78 is 10.1. The van der Waals surface area contributed by atoms with Crippen molar-refractivity contribution < 1.29 is 33.2 Å². The second-order valence-corrected chi connectivity index (χ2v) is 9.56. The number of anilines is 1. The molecule has 4 heterocycles. The van der Waals surface area contributed by atoms with Gasteiger partial charge in [0.15, 0.2) is 16.6 Å². The second kappa shape index (κ2) is 10.3. The minimum absolute atomic E-state index is 0.0587. The third kappa shape index (κ3) is 4.80. The molecule has 4 rings (SSSR count). The fourth-order valence-electron chi connectivity index (χ4n) is 3.11. The molecule has 2 aliphatic heterocycles. The van der Waals surface area contributed by atoms with Gasteiger partial charge in [0.2, 0.25) is 0 Å². The van der Waals surface area contributed by atoms with Crippen molar-refractivity contribution in [3.63, 3.8) is 0 Å². The highest BCUT2D eigenvalue weighted by molar-refractivity contribution is 8.14. The third-order valence-corrected chi connectivity index (χ3v) is 7.16. The molecule has 0 spiro atoms. The second-order valence-electron chi connectivity index (χ2n) is 6.62. The van der Waals surface area contributed by atoms with Gasteiger partial charge in [-0.05, 0) is 30.0 Å². The quantitative estimate of drug-likeness (QED) is 0.167. The van der Waals surface area contributed by atoms with E-state index in [0.717, 1.165) is 23.1 Å². The van der Waals surface area contributed by atoms with E-state index in [0.29, 0.717) is 5.75 Å². The maximum Gasteiger partial charge on any atom is 0.355 e. The Morgan fingerprint density at radius 3 is 2.94 bits per heavy atom. The van der Waals surface area contributed by atoms with Crippen LogP contribution >= 0.6 is 34.9 Å². The van der Waals surface area contributed by atoms with E-state index in [1.807, 2.05) is 0 Å². The first kappa shape index (κ1) is 23.8. The largest absolute Gasteiger partial charge is 0.460 e. The topological polar surface area (TPSA) is 166 Å². The van der Waals surface area contributed by atoms with Crippen LogP contribution in [0.15, 0.2) is 45.1 Å². The molecule has 1 fully saturated rings. The summed E-state index contributed by atoms with van der Waals surface area (Å²) in [6, 6.07) is 2.19. The molecule has 3 N–H and O–H groups in total. The van der Waals surface area contributed by atoms with Gasteiger partial charge in [-0.25, -0.2) is 9.78 Å². The molecular weight excluding hydrogens is 506 g/mol. The minimum atomic E-state index is -0.887. The molecular formula is C19H17N5O7S3. The number of nitrogens with zero attached hydrogens (tertiary/aromatic N) is 3. The number of esters is 1. The lowest BCUT2D eigenvalue weighted by molar-refractivity contribution is -0.151. The van der Waals surface area contributed by atoms with Crippen LogP contribution in [0.1, 0.15) is 16.2 Å². The SMILES string of the molecule is CO/N=C(/C(=O)N[C@@H]1C(=O)N2C(C(=O)OCSC(=O)c3ccco3)=CCS[C@H]12)c1csc(N)n1. The lowest BCUT2D eigenvalue weighted by Gasteiger charge is -2.48. The van der Waals surface area contributed by atoms with Gasteiger partial charge in [-0.15, -0.1) is 23.1 Å². The van der Waals surface area contributed by atoms with Crippen molar-refractivity contribution in [1.29, 1.82) is 0 Å². The molecule has 2 aromatic heterocycles. The highest BCUT2D eigenvalue weighted by Gasteiger charge is 2.53. The number of thiazole rings is 1. The molecule has 2 aliphatic rings. The molecule has 0 unspecified atom stereocenters. The number of nitrogens with one attached hydrogen (secondary N) is 1. The number of thioether (sulfide) groups is 2. The zero-order valence-electron chi connectivity index (χ0n) is 17.5. The standard InChI is InChI=1S/C19H17N5O7S3/c1-29-23-12(9-7-33-19(20)21-9)14(25)22-13-15(26)24-10(4-6-32-16(13)24)17(27)31-8-34-18(28)11-3-2-5-30-11/h2-5,7,13,16H,6,8H2,1H3,(H2,20,21)(H,22,25)/b23-12+/t13-,16-/m1/s1. The van der Waals surface area contributed by atoms with Gasteiger partial charge in [0.05, 0.1) is 6.26 Å². The smallest absolute Gasteiger partial charge is 0.355 e. The number of hydrogen-bond donors (Lipinski definition) is 2. The fourth-order valence-corrected chi connectivity index (χ4v) is 5.38. The van der Waals surface area contributed by atoms with Crippen LogP contribution in [0, 0.1) is 0 Å². The number of fused-ring (bicyclic) bond motifs is 1. The first-order valence-corrected chi connectivity index (χ1v) is 12.5. The fraction of sp³-hybridized carbons (Fsp3) is 0.263. The summed E-state index contributed by atoms with van der Waals surface area (Å²) in [6.45, 7) is 0. The molecule has 2 aromatic rings. The van der Waals surface area contributed by atoms with E-state index in [9.17, 15) is 19.2 Å². The van der Waals surface area contributed by atoms with Gasteiger partial charge in [0.1, 0.15) is 35.9 Å². The molecule has 0 saturated carbocycles. The summed E-state index contributed by atoms with van der Waals surface area (Å²) in [5.74, 6) is -1.58. The average Bonchev–Trinajstić information content (AvgIpc) is 3.52. The number of oxime groups is 1. The zero-order chi connectivity index (χ0) is 24.2. The van der Waals surface area contributed by atoms with E-state index in [4.69, 9.17) is 19.7 Å². The van der Waals surface area contributed by atoms with Crippen LogP contribution in [-0.2, 0) is 24.0 Å². The highest BCUT2D eigenvalue weighted by atomic mass is 32.2. The summed E-state index contributed by atoms with van der Waals surface area (Å²) in [7, 11) is 1.28. The number of β-lactam (4-membered cyclic amide) rings is 1. The number of aromatic nitrogens is 1. The van der Waals surface area contributed by atoms with Gasteiger partial charge in [-0.1, -0.05) is 5.16 Å². The van der Waals surface area contributed by atoms with Crippen molar-refractivity contribution in [2.24, 2.45) is 5.16 Å². The lowest BCUT2D eigenvalue weighted by atomic mass is 10.0. The molecule has 34 heavy (non-hydrogen) atoms. The summed E-state index contributed by atoms with van der Waals surface area (Å²) in [5.41, 5.74) is 5.77. The van der Waals surface area contributed by atoms with Crippen molar-refractivity contribution >= 4 is 68.6 Å². The number of rotatable bonds is 8. The Kier molecular flexibility index (Phi) is 7.23. The van der Waals surface area contributed by atoms with Crippen LogP contribution < -0.4 is 11.1 Å². The van der Waals surface area contributed by atoms with Crippen LogP contribution in [0.5, 0.6) is 0 Å². The Bertz CT molecular complexity index is 1180. The van der Waals surface area contributed by atoms with Gasteiger partial charge in [0.25, 0.3) is 16.9 Å². The summed E-state index contributed by atoms with van der Waals surface area (Å²) in [5, 5.41) is 7.21. The number of carbonyl (C=O) groups is 4. The van der Waals surface area contributed by atoms with E-state index in [1.54, 1.807) is 17.5 Å². The summed E-state index contributed by atoms with van der Waals surface area (Å²) >= 11 is 3.25. The Morgan fingerprint density at radius 2 is 2.26 bits per heavy atom. The molecule has 0 radical (unpaired) electrons. The molecule has 0 aromatic carbocycles. The van der Waals surface area contributed by atoms with Crippen LogP contribution in [-0.4, -0.2) is 68.7 Å². The highest BCUT2D eigenvalue weighted by Crippen LogP contribution is 2.38.